The minimum atomic E-state index is -2.76. The van der Waals surface area contributed by atoms with Crippen LogP contribution < -0.4 is 0 Å². The maximum atomic E-state index is 12.2. The highest BCUT2D eigenvalue weighted by atomic mass is 19.3. The fourth-order valence-electron chi connectivity index (χ4n) is 0.653. The van der Waals surface area contributed by atoms with Crippen LogP contribution >= 0.6 is 0 Å². The van der Waals surface area contributed by atoms with Crippen molar-refractivity contribution >= 4 is 5.91 Å². The molecule has 0 saturated heterocycles. The summed E-state index contributed by atoms with van der Waals surface area (Å²) in [5.41, 5.74) is 0.760. The minimum absolute atomic E-state index is 0.167. The summed E-state index contributed by atoms with van der Waals surface area (Å²) in [5.74, 6) is -0.476. The Morgan fingerprint density at radius 3 is 1.80 bits per heavy atom. The number of hydrogen-bond acceptors (Lipinski definition) is 1. The lowest BCUT2D eigenvalue weighted by Gasteiger charge is -2.17. The molecule has 15 heavy (non-hydrogen) atoms. The Hall–Kier alpha value is -0.930. The molecular weight excluding hydrogens is 200 g/mol. The summed E-state index contributed by atoms with van der Waals surface area (Å²) in [6, 6.07) is 0. The monoisotopic (exact) mass is 221 g/mol. The van der Waals surface area contributed by atoms with Crippen molar-refractivity contribution in [3.63, 3.8) is 0 Å². The Labute approximate surface area is 91.0 Å². The Bertz CT molecular complexity index is 213. The van der Waals surface area contributed by atoms with E-state index in [9.17, 15) is 13.6 Å². The van der Waals surface area contributed by atoms with Crippen LogP contribution in [0.5, 0.6) is 0 Å². The number of halogens is 2. The van der Waals surface area contributed by atoms with E-state index in [1.807, 2.05) is 27.7 Å². The van der Waals surface area contributed by atoms with Crippen LogP contribution in [0.4, 0.5) is 8.78 Å². The van der Waals surface area contributed by atoms with E-state index < -0.39 is 12.5 Å². The normalized spacial score (nSPS) is 11.2. The van der Waals surface area contributed by atoms with Gasteiger partial charge in [0, 0.05) is 13.1 Å². The van der Waals surface area contributed by atoms with Crippen molar-refractivity contribution in [2.75, 3.05) is 0 Å². The van der Waals surface area contributed by atoms with Gasteiger partial charge in [0.2, 0.25) is 5.91 Å². The summed E-state index contributed by atoms with van der Waals surface area (Å²) in [4.78, 5) is 11.2. The van der Waals surface area contributed by atoms with Crippen LogP contribution in [-0.4, -0.2) is 17.4 Å². The number of carbonyl (C=O) groups is 1. The third-order valence-corrected chi connectivity index (χ3v) is 1.83. The lowest BCUT2D eigenvalue weighted by Crippen LogP contribution is -2.28. The zero-order valence-corrected chi connectivity index (χ0v) is 10.3. The van der Waals surface area contributed by atoms with Gasteiger partial charge in [-0.15, -0.1) is 0 Å². The van der Waals surface area contributed by atoms with Gasteiger partial charge >= 0.3 is 6.55 Å². The molecule has 0 heterocycles. The zero-order chi connectivity index (χ0) is 12.6. The van der Waals surface area contributed by atoms with E-state index in [-0.39, 0.29) is 5.92 Å². The molecule has 0 aliphatic carbocycles. The Balaban J connectivity index is 0. The van der Waals surface area contributed by atoms with Gasteiger partial charge in [-0.25, -0.2) is 0 Å². The quantitative estimate of drug-likeness (QED) is 0.666. The molecule has 0 aliphatic rings. The predicted octanol–water partition coefficient (Wildman–Crippen LogP) is 3.64. The molecule has 2 nitrogen and oxygen atoms in total. The zero-order valence-electron chi connectivity index (χ0n) is 10.3. The SMILES string of the molecule is CC.CC(=O)N(/C=C(\C)C(C)C)C(F)F. The van der Waals surface area contributed by atoms with Crippen LogP contribution in [0.2, 0.25) is 0 Å². The first-order chi connectivity index (χ1) is 6.86. The van der Waals surface area contributed by atoms with Gasteiger partial charge in [0.05, 0.1) is 0 Å². The Morgan fingerprint density at radius 1 is 1.20 bits per heavy atom. The van der Waals surface area contributed by atoms with Crippen LogP contribution in [0, 0.1) is 5.92 Å². The summed E-state index contributed by atoms with van der Waals surface area (Å²) in [6.07, 6.45) is 1.21. The van der Waals surface area contributed by atoms with Gasteiger partial charge in [0.15, 0.2) is 0 Å². The molecule has 1 amide bonds. The number of alkyl halides is 2. The molecule has 0 fully saturated rings. The maximum Gasteiger partial charge on any atom is 0.321 e. The minimum Gasteiger partial charge on any atom is -0.275 e. The van der Waals surface area contributed by atoms with Crippen LogP contribution in [-0.2, 0) is 4.79 Å². The molecule has 0 aromatic carbocycles. The first kappa shape index (κ1) is 16.5. The van der Waals surface area contributed by atoms with E-state index in [2.05, 4.69) is 0 Å². The smallest absolute Gasteiger partial charge is 0.275 e. The third-order valence-electron chi connectivity index (χ3n) is 1.83. The average Bonchev–Trinajstić information content (AvgIpc) is 2.15. The molecule has 0 atom stereocenters. The van der Waals surface area contributed by atoms with Crippen molar-refractivity contribution in [1.29, 1.82) is 0 Å². The number of amides is 1. The Kier molecular flexibility index (Phi) is 9.22. The second-order valence-corrected chi connectivity index (χ2v) is 3.23. The van der Waals surface area contributed by atoms with Crippen molar-refractivity contribution < 1.29 is 13.6 Å². The van der Waals surface area contributed by atoms with Crippen LogP contribution in [0.15, 0.2) is 11.8 Å². The highest BCUT2D eigenvalue weighted by Crippen LogP contribution is 2.12. The van der Waals surface area contributed by atoms with E-state index in [0.717, 1.165) is 12.5 Å². The lowest BCUT2D eigenvalue weighted by molar-refractivity contribution is -0.136. The molecule has 0 spiro atoms. The van der Waals surface area contributed by atoms with Crippen LogP contribution in [0.3, 0.4) is 0 Å². The third kappa shape index (κ3) is 7.05. The largest absolute Gasteiger partial charge is 0.321 e. The van der Waals surface area contributed by atoms with Crippen molar-refractivity contribution in [1.82, 2.24) is 4.90 Å². The van der Waals surface area contributed by atoms with Crippen LogP contribution in [0.25, 0.3) is 0 Å². The predicted molar refractivity (Wildman–Crippen MR) is 58.5 cm³/mol. The maximum absolute atomic E-state index is 12.2. The molecule has 0 saturated carbocycles. The Morgan fingerprint density at radius 2 is 1.60 bits per heavy atom. The van der Waals surface area contributed by atoms with Gasteiger partial charge in [-0.3, -0.25) is 9.69 Å². The standard InChI is InChI=1S/C9H15F2NO.C2H6/c1-6(2)7(3)5-12(8(4)13)9(10)11;1-2/h5-6,9H,1-4H3;1-2H3/b7-5+;. The van der Waals surface area contributed by atoms with E-state index >= 15 is 0 Å². The average molecular weight is 221 g/mol. The fourth-order valence-corrected chi connectivity index (χ4v) is 0.653. The van der Waals surface area contributed by atoms with E-state index in [0.29, 0.717) is 4.90 Å². The molecule has 0 aliphatic heterocycles. The van der Waals surface area contributed by atoms with E-state index in [1.54, 1.807) is 6.92 Å². The first-order valence-corrected chi connectivity index (χ1v) is 5.11. The highest BCUT2D eigenvalue weighted by molar-refractivity contribution is 5.74. The molecule has 0 aromatic heterocycles. The van der Waals surface area contributed by atoms with Crippen molar-refractivity contribution in [3.05, 3.63) is 11.8 Å². The molecule has 0 unspecified atom stereocenters. The molecule has 0 radical (unpaired) electrons. The van der Waals surface area contributed by atoms with Crippen LogP contribution in [0.1, 0.15) is 41.5 Å². The topological polar surface area (TPSA) is 20.3 Å². The summed E-state index contributed by atoms with van der Waals surface area (Å²) in [5, 5.41) is 0. The molecule has 0 rings (SSSR count). The highest BCUT2D eigenvalue weighted by Gasteiger charge is 2.17. The molecule has 0 N–H and O–H groups in total. The molecular formula is C11H21F2NO. The van der Waals surface area contributed by atoms with Gasteiger partial charge in [-0.1, -0.05) is 33.3 Å². The summed E-state index contributed by atoms with van der Waals surface area (Å²) in [7, 11) is 0. The molecule has 0 aromatic rings. The number of nitrogens with zero attached hydrogens (tertiary/aromatic N) is 1. The summed E-state index contributed by atoms with van der Waals surface area (Å²) < 4.78 is 24.5. The lowest BCUT2D eigenvalue weighted by atomic mass is 10.1. The molecule has 0 bridgehead atoms. The number of hydrogen-bond donors (Lipinski definition) is 0. The van der Waals surface area contributed by atoms with Gasteiger partial charge in [0.1, 0.15) is 0 Å². The van der Waals surface area contributed by atoms with Gasteiger partial charge in [-0.2, -0.15) is 8.78 Å². The fraction of sp³-hybridized carbons (Fsp3) is 0.727. The second-order valence-electron chi connectivity index (χ2n) is 3.23. The first-order valence-electron chi connectivity index (χ1n) is 5.11. The van der Waals surface area contributed by atoms with E-state index in [1.165, 1.54) is 6.20 Å². The number of carbonyl (C=O) groups excluding carboxylic acids is 1. The summed E-state index contributed by atoms with van der Waals surface area (Å²) >= 11 is 0. The van der Waals surface area contributed by atoms with Crippen molar-refractivity contribution in [2.24, 2.45) is 5.92 Å². The second kappa shape index (κ2) is 8.38. The van der Waals surface area contributed by atoms with Gasteiger partial charge < -0.3 is 0 Å². The number of rotatable bonds is 3. The molecule has 90 valence electrons. The number of allylic oxidation sites excluding steroid dienone is 1. The van der Waals surface area contributed by atoms with E-state index in [4.69, 9.17) is 0 Å². The van der Waals surface area contributed by atoms with Crippen molar-refractivity contribution in [2.45, 2.75) is 48.1 Å². The van der Waals surface area contributed by atoms with Gasteiger partial charge in [0.25, 0.3) is 0 Å². The van der Waals surface area contributed by atoms with Gasteiger partial charge in [-0.05, 0) is 12.8 Å². The molecule has 4 heteroatoms. The summed E-state index contributed by atoms with van der Waals surface area (Å²) in [6.45, 7) is 7.86. The van der Waals surface area contributed by atoms with Crippen molar-refractivity contribution in [3.8, 4) is 0 Å².